The van der Waals surface area contributed by atoms with Crippen molar-refractivity contribution < 1.29 is 0 Å². The number of para-hydroxylation sites is 1. The summed E-state index contributed by atoms with van der Waals surface area (Å²) in [6, 6.07) is 17.1. The monoisotopic (exact) mass is 313 g/mol. The molecule has 1 aromatic heterocycles. The molecule has 3 aromatic rings. The molecule has 2 aromatic carbocycles. The first-order valence-corrected chi connectivity index (χ1v) is 7.34. The van der Waals surface area contributed by atoms with Crippen LogP contribution in [-0.2, 0) is 13.5 Å². The molecule has 1 nitrogen and oxygen atoms in total. The summed E-state index contributed by atoms with van der Waals surface area (Å²) in [5.41, 5.74) is 5.22. The van der Waals surface area contributed by atoms with Gasteiger partial charge in [-0.3, -0.25) is 0 Å². The van der Waals surface area contributed by atoms with Crippen LogP contribution in [0.1, 0.15) is 12.5 Å². The van der Waals surface area contributed by atoms with Crippen molar-refractivity contribution in [2.24, 2.45) is 7.05 Å². The van der Waals surface area contributed by atoms with Gasteiger partial charge in [-0.25, -0.2) is 0 Å². The summed E-state index contributed by atoms with van der Waals surface area (Å²) in [5, 5.41) is 1.27. The van der Waals surface area contributed by atoms with Crippen LogP contribution in [0.4, 0.5) is 0 Å². The largest absolute Gasteiger partial charge is 0.343 e. The number of aromatic nitrogens is 1. The maximum atomic E-state index is 3.78. The molecule has 0 atom stereocenters. The number of nitrogens with zero attached hydrogens (tertiary/aromatic N) is 1. The van der Waals surface area contributed by atoms with E-state index in [0.29, 0.717) is 0 Å². The molecule has 0 spiro atoms. The molecule has 3 rings (SSSR count). The Bertz CT molecular complexity index is 701. The lowest BCUT2D eigenvalue weighted by Crippen LogP contribution is -1.95. The van der Waals surface area contributed by atoms with Gasteiger partial charge in [-0.15, -0.1) is 0 Å². The fraction of sp³-hybridized carbons (Fsp3) is 0.176. The average Bonchev–Trinajstić information content (AvgIpc) is 2.71. The van der Waals surface area contributed by atoms with Gasteiger partial charge < -0.3 is 4.57 Å². The van der Waals surface area contributed by atoms with Gasteiger partial charge in [0.05, 0.1) is 10.2 Å². The zero-order valence-electron chi connectivity index (χ0n) is 11.2. The molecule has 0 bridgehead atoms. The van der Waals surface area contributed by atoms with Crippen molar-refractivity contribution >= 4 is 26.8 Å². The van der Waals surface area contributed by atoms with Crippen LogP contribution < -0.4 is 0 Å². The summed E-state index contributed by atoms with van der Waals surface area (Å²) < 4.78 is 3.46. The zero-order valence-corrected chi connectivity index (χ0v) is 12.7. The van der Waals surface area contributed by atoms with Gasteiger partial charge in [0.2, 0.25) is 0 Å². The Kier molecular flexibility index (Phi) is 3.19. The highest BCUT2D eigenvalue weighted by Gasteiger charge is 2.15. The number of hydrogen-bond donors (Lipinski definition) is 0. The Hall–Kier alpha value is -1.54. The van der Waals surface area contributed by atoms with Crippen molar-refractivity contribution in [3.63, 3.8) is 0 Å². The van der Waals surface area contributed by atoms with Crippen molar-refractivity contribution in [3.8, 4) is 11.3 Å². The molecular formula is C17H16BrN. The van der Waals surface area contributed by atoms with Gasteiger partial charge in [-0.2, -0.15) is 0 Å². The first-order valence-electron chi connectivity index (χ1n) is 6.55. The van der Waals surface area contributed by atoms with Crippen LogP contribution in [0.15, 0.2) is 53.0 Å². The number of halogens is 1. The van der Waals surface area contributed by atoms with Gasteiger partial charge in [-0.1, -0.05) is 49.4 Å². The van der Waals surface area contributed by atoms with E-state index >= 15 is 0 Å². The Morgan fingerprint density at radius 3 is 2.42 bits per heavy atom. The van der Waals surface area contributed by atoms with E-state index in [1.165, 1.54) is 32.2 Å². The van der Waals surface area contributed by atoms with Gasteiger partial charge >= 0.3 is 0 Å². The van der Waals surface area contributed by atoms with Crippen LogP contribution in [-0.4, -0.2) is 4.57 Å². The number of benzene rings is 2. The van der Waals surface area contributed by atoms with Crippen molar-refractivity contribution in [2.45, 2.75) is 13.3 Å². The van der Waals surface area contributed by atoms with Crippen LogP contribution in [0.5, 0.6) is 0 Å². The third-order valence-corrected chi connectivity index (χ3v) is 4.50. The lowest BCUT2D eigenvalue weighted by Gasteiger charge is -2.10. The van der Waals surface area contributed by atoms with Gasteiger partial charge in [0.1, 0.15) is 0 Å². The summed E-state index contributed by atoms with van der Waals surface area (Å²) in [7, 11) is 2.13. The molecule has 0 aliphatic carbocycles. The summed E-state index contributed by atoms with van der Waals surface area (Å²) in [4.78, 5) is 0. The molecule has 1 heterocycles. The molecule has 19 heavy (non-hydrogen) atoms. The molecule has 0 aliphatic heterocycles. The molecule has 0 saturated carbocycles. The Labute approximate surface area is 122 Å². The second-order valence-corrected chi connectivity index (χ2v) is 5.54. The molecule has 2 heteroatoms. The first kappa shape index (κ1) is 12.5. The lowest BCUT2D eigenvalue weighted by atomic mass is 10.0. The van der Waals surface area contributed by atoms with Crippen LogP contribution in [0.3, 0.4) is 0 Å². The standard InChI is InChI=1S/C17H16BrN/c1-3-12-8-4-5-9-13(12)17-16(18)14-10-6-7-11-15(14)19(17)2/h4-11H,3H2,1-2H3. The molecule has 0 amide bonds. The normalized spacial score (nSPS) is 11.1. The van der Waals surface area contributed by atoms with E-state index in [4.69, 9.17) is 0 Å². The van der Waals surface area contributed by atoms with E-state index in [1.807, 2.05) is 0 Å². The van der Waals surface area contributed by atoms with E-state index in [-0.39, 0.29) is 0 Å². The smallest absolute Gasteiger partial charge is 0.0635 e. The first-order chi connectivity index (χ1) is 9.24. The van der Waals surface area contributed by atoms with Gasteiger partial charge in [0.25, 0.3) is 0 Å². The second kappa shape index (κ2) is 4.86. The Balaban J connectivity index is 2.37. The average molecular weight is 314 g/mol. The van der Waals surface area contributed by atoms with E-state index in [0.717, 1.165) is 6.42 Å². The van der Waals surface area contributed by atoms with E-state index < -0.39 is 0 Å². The highest BCUT2D eigenvalue weighted by molar-refractivity contribution is 9.10. The van der Waals surface area contributed by atoms with Crippen molar-refractivity contribution in [1.29, 1.82) is 0 Å². The summed E-state index contributed by atoms with van der Waals surface area (Å²) in [6.07, 6.45) is 1.05. The van der Waals surface area contributed by atoms with E-state index in [1.54, 1.807) is 0 Å². The van der Waals surface area contributed by atoms with Crippen molar-refractivity contribution in [3.05, 3.63) is 58.6 Å². The van der Waals surface area contributed by atoms with Gasteiger partial charge in [0, 0.05) is 23.5 Å². The van der Waals surface area contributed by atoms with Crippen LogP contribution in [0, 0.1) is 0 Å². The maximum Gasteiger partial charge on any atom is 0.0635 e. The molecule has 0 N–H and O–H groups in total. The fourth-order valence-electron chi connectivity index (χ4n) is 2.71. The number of aryl methyl sites for hydroxylation is 2. The highest BCUT2D eigenvalue weighted by atomic mass is 79.9. The fourth-order valence-corrected chi connectivity index (χ4v) is 3.52. The summed E-state index contributed by atoms with van der Waals surface area (Å²) in [5.74, 6) is 0. The molecule has 0 aliphatic rings. The maximum absolute atomic E-state index is 3.78. The third kappa shape index (κ3) is 1.91. The SMILES string of the molecule is CCc1ccccc1-c1c(Br)c2ccccc2n1C. The topological polar surface area (TPSA) is 4.93 Å². The Morgan fingerprint density at radius 2 is 1.68 bits per heavy atom. The molecule has 0 radical (unpaired) electrons. The highest BCUT2D eigenvalue weighted by Crippen LogP contribution is 2.38. The summed E-state index contributed by atoms with van der Waals surface area (Å²) in [6.45, 7) is 2.20. The molecule has 0 unspecified atom stereocenters. The molecule has 96 valence electrons. The number of rotatable bonds is 2. The summed E-state index contributed by atoms with van der Waals surface area (Å²) >= 11 is 3.78. The van der Waals surface area contributed by atoms with Crippen molar-refractivity contribution in [1.82, 2.24) is 4.57 Å². The van der Waals surface area contributed by atoms with Gasteiger partial charge in [-0.05, 0) is 34.0 Å². The second-order valence-electron chi connectivity index (χ2n) is 4.75. The van der Waals surface area contributed by atoms with Gasteiger partial charge in [0.15, 0.2) is 0 Å². The van der Waals surface area contributed by atoms with Crippen LogP contribution in [0.25, 0.3) is 22.2 Å². The minimum Gasteiger partial charge on any atom is -0.343 e. The Morgan fingerprint density at radius 1 is 1.00 bits per heavy atom. The van der Waals surface area contributed by atoms with E-state index in [9.17, 15) is 0 Å². The van der Waals surface area contributed by atoms with Crippen molar-refractivity contribution in [2.75, 3.05) is 0 Å². The predicted octanol–water partition coefficient (Wildman–Crippen LogP) is 5.17. The molecule has 0 fully saturated rings. The zero-order chi connectivity index (χ0) is 13.4. The quantitative estimate of drug-likeness (QED) is 0.615. The lowest BCUT2D eigenvalue weighted by molar-refractivity contribution is 0.970. The minimum atomic E-state index is 1.05. The van der Waals surface area contributed by atoms with Crippen LogP contribution in [0.2, 0.25) is 0 Å². The minimum absolute atomic E-state index is 1.05. The van der Waals surface area contributed by atoms with E-state index in [2.05, 4.69) is 83.0 Å². The molecule has 0 saturated heterocycles. The number of fused-ring (bicyclic) bond motifs is 1. The number of hydrogen-bond acceptors (Lipinski definition) is 0. The van der Waals surface area contributed by atoms with Crippen LogP contribution >= 0.6 is 15.9 Å². The predicted molar refractivity (Wildman–Crippen MR) is 85.4 cm³/mol. The molecular weight excluding hydrogens is 298 g/mol. The third-order valence-electron chi connectivity index (χ3n) is 3.70.